The standard InChI is InChI=1S/C15H24O/c1-2-3-4-5-6-7-8-9-10-11-12-13-14-15-16/h3-4,6-7,9-10,13-14,16H,2,5,8,11-12,15H2,1H3/b4-3-,7-6-,10-9-,14-13+. The summed E-state index contributed by atoms with van der Waals surface area (Å²) in [6, 6.07) is 0. The average molecular weight is 220 g/mol. The highest BCUT2D eigenvalue weighted by atomic mass is 16.2. The van der Waals surface area contributed by atoms with Gasteiger partial charge in [-0.05, 0) is 32.1 Å². The topological polar surface area (TPSA) is 20.2 Å². The van der Waals surface area contributed by atoms with Gasteiger partial charge in [-0.2, -0.15) is 0 Å². The number of hydrogen-bond donors (Lipinski definition) is 1. The molecule has 16 heavy (non-hydrogen) atoms. The first-order chi connectivity index (χ1) is 7.91. The van der Waals surface area contributed by atoms with Gasteiger partial charge in [-0.1, -0.05) is 55.5 Å². The van der Waals surface area contributed by atoms with E-state index in [-0.39, 0.29) is 6.61 Å². The van der Waals surface area contributed by atoms with E-state index < -0.39 is 0 Å². The van der Waals surface area contributed by atoms with Crippen molar-refractivity contribution in [3.63, 3.8) is 0 Å². The summed E-state index contributed by atoms with van der Waals surface area (Å²) in [7, 11) is 0. The van der Waals surface area contributed by atoms with Crippen LogP contribution in [-0.2, 0) is 0 Å². The summed E-state index contributed by atoms with van der Waals surface area (Å²) in [5.74, 6) is 0. The van der Waals surface area contributed by atoms with Crippen molar-refractivity contribution in [2.24, 2.45) is 0 Å². The molecule has 0 radical (unpaired) electrons. The lowest BCUT2D eigenvalue weighted by Crippen LogP contribution is -1.71. The molecular formula is C15H24O. The zero-order valence-corrected chi connectivity index (χ0v) is 10.3. The van der Waals surface area contributed by atoms with Crippen molar-refractivity contribution in [1.29, 1.82) is 0 Å². The van der Waals surface area contributed by atoms with Crippen LogP contribution in [0.2, 0.25) is 0 Å². The minimum Gasteiger partial charge on any atom is -0.392 e. The van der Waals surface area contributed by atoms with Crippen molar-refractivity contribution >= 4 is 0 Å². The summed E-state index contributed by atoms with van der Waals surface area (Å²) in [6.45, 7) is 2.30. The van der Waals surface area contributed by atoms with Crippen LogP contribution in [0.25, 0.3) is 0 Å². The van der Waals surface area contributed by atoms with E-state index in [0.717, 1.165) is 32.1 Å². The highest BCUT2D eigenvalue weighted by Crippen LogP contribution is 1.96. The lowest BCUT2D eigenvalue weighted by atomic mass is 10.2. The molecule has 0 aliphatic carbocycles. The molecule has 0 heterocycles. The summed E-state index contributed by atoms with van der Waals surface area (Å²) in [4.78, 5) is 0. The normalized spacial score (nSPS) is 12.9. The second-order valence-corrected chi connectivity index (χ2v) is 3.53. The third kappa shape index (κ3) is 12.9. The van der Waals surface area contributed by atoms with Gasteiger partial charge in [-0.15, -0.1) is 0 Å². The minimum absolute atomic E-state index is 0.151. The molecule has 0 aromatic heterocycles. The van der Waals surface area contributed by atoms with Crippen molar-refractivity contribution in [3.8, 4) is 0 Å². The third-order valence-electron chi connectivity index (χ3n) is 2.05. The molecule has 0 aromatic carbocycles. The minimum atomic E-state index is 0.151. The van der Waals surface area contributed by atoms with Crippen molar-refractivity contribution in [1.82, 2.24) is 0 Å². The van der Waals surface area contributed by atoms with Crippen molar-refractivity contribution in [2.45, 2.75) is 39.0 Å². The van der Waals surface area contributed by atoms with Crippen LogP contribution >= 0.6 is 0 Å². The van der Waals surface area contributed by atoms with E-state index in [1.54, 1.807) is 6.08 Å². The van der Waals surface area contributed by atoms with Crippen molar-refractivity contribution in [3.05, 3.63) is 48.6 Å². The number of aliphatic hydroxyl groups is 1. The maximum Gasteiger partial charge on any atom is 0.0612 e. The molecule has 0 amide bonds. The molecule has 0 spiro atoms. The Morgan fingerprint density at radius 2 is 1.19 bits per heavy atom. The molecule has 0 saturated carbocycles. The number of hydrogen-bond acceptors (Lipinski definition) is 1. The van der Waals surface area contributed by atoms with Gasteiger partial charge < -0.3 is 5.11 Å². The molecule has 0 saturated heterocycles. The largest absolute Gasteiger partial charge is 0.392 e. The van der Waals surface area contributed by atoms with E-state index in [4.69, 9.17) is 5.11 Å². The van der Waals surface area contributed by atoms with E-state index in [1.165, 1.54) is 0 Å². The Labute approximate surface area is 99.9 Å². The highest BCUT2D eigenvalue weighted by molar-refractivity contribution is 4.97. The fraction of sp³-hybridized carbons (Fsp3) is 0.467. The van der Waals surface area contributed by atoms with Gasteiger partial charge in [0.25, 0.3) is 0 Å². The number of allylic oxidation sites excluding steroid dienone is 7. The lowest BCUT2D eigenvalue weighted by Gasteiger charge is -1.86. The molecule has 0 aliphatic heterocycles. The van der Waals surface area contributed by atoms with E-state index >= 15 is 0 Å². The number of aliphatic hydroxyl groups excluding tert-OH is 1. The van der Waals surface area contributed by atoms with E-state index in [0.29, 0.717) is 0 Å². The van der Waals surface area contributed by atoms with Crippen LogP contribution in [0.15, 0.2) is 48.6 Å². The Hall–Kier alpha value is -1.08. The van der Waals surface area contributed by atoms with Gasteiger partial charge in [-0.25, -0.2) is 0 Å². The molecule has 0 unspecified atom stereocenters. The number of unbranched alkanes of at least 4 members (excludes halogenated alkanes) is 1. The predicted octanol–water partition coefficient (Wildman–Crippen LogP) is 4.17. The zero-order valence-electron chi connectivity index (χ0n) is 10.3. The summed E-state index contributed by atoms with van der Waals surface area (Å²) < 4.78 is 0. The SMILES string of the molecule is CC/C=C\C/C=C\C/C=C\CC/C=C/CO. The van der Waals surface area contributed by atoms with Gasteiger partial charge in [0.1, 0.15) is 0 Å². The second-order valence-electron chi connectivity index (χ2n) is 3.53. The Kier molecular flexibility index (Phi) is 13.0. The van der Waals surface area contributed by atoms with Crippen LogP contribution in [0.4, 0.5) is 0 Å². The fourth-order valence-corrected chi connectivity index (χ4v) is 1.21. The summed E-state index contributed by atoms with van der Waals surface area (Å²) >= 11 is 0. The lowest BCUT2D eigenvalue weighted by molar-refractivity contribution is 0.342. The smallest absolute Gasteiger partial charge is 0.0612 e. The quantitative estimate of drug-likeness (QED) is 0.456. The summed E-state index contributed by atoms with van der Waals surface area (Å²) in [5, 5.41) is 8.51. The molecule has 1 heteroatoms. The van der Waals surface area contributed by atoms with Gasteiger partial charge in [-0.3, -0.25) is 0 Å². The molecule has 1 nitrogen and oxygen atoms in total. The fourth-order valence-electron chi connectivity index (χ4n) is 1.21. The van der Waals surface area contributed by atoms with E-state index in [9.17, 15) is 0 Å². The monoisotopic (exact) mass is 220 g/mol. The summed E-state index contributed by atoms with van der Waals surface area (Å²) in [6.07, 6.45) is 22.2. The molecule has 0 bridgehead atoms. The Bertz CT molecular complexity index is 234. The van der Waals surface area contributed by atoms with Crippen LogP contribution in [0.1, 0.15) is 39.0 Å². The maximum absolute atomic E-state index is 8.51. The Morgan fingerprint density at radius 1 is 0.688 bits per heavy atom. The van der Waals surface area contributed by atoms with Crippen molar-refractivity contribution in [2.75, 3.05) is 6.61 Å². The van der Waals surface area contributed by atoms with Gasteiger partial charge >= 0.3 is 0 Å². The third-order valence-corrected chi connectivity index (χ3v) is 2.05. The van der Waals surface area contributed by atoms with Crippen LogP contribution in [0.3, 0.4) is 0 Å². The molecule has 0 rings (SSSR count). The Balaban J connectivity index is 3.33. The predicted molar refractivity (Wildman–Crippen MR) is 72.4 cm³/mol. The van der Waals surface area contributed by atoms with Crippen LogP contribution in [0, 0.1) is 0 Å². The second kappa shape index (κ2) is 13.9. The molecule has 0 aliphatic rings. The summed E-state index contributed by atoms with van der Waals surface area (Å²) in [5.41, 5.74) is 0. The van der Waals surface area contributed by atoms with Crippen LogP contribution in [-0.4, -0.2) is 11.7 Å². The molecular weight excluding hydrogens is 196 g/mol. The highest BCUT2D eigenvalue weighted by Gasteiger charge is 1.76. The number of rotatable bonds is 9. The van der Waals surface area contributed by atoms with Crippen molar-refractivity contribution < 1.29 is 5.11 Å². The van der Waals surface area contributed by atoms with E-state index in [2.05, 4.69) is 43.4 Å². The first kappa shape index (κ1) is 14.9. The van der Waals surface area contributed by atoms with E-state index in [1.807, 2.05) is 6.08 Å². The van der Waals surface area contributed by atoms with Crippen LogP contribution in [0.5, 0.6) is 0 Å². The van der Waals surface area contributed by atoms with Gasteiger partial charge in [0.2, 0.25) is 0 Å². The van der Waals surface area contributed by atoms with Gasteiger partial charge in [0.05, 0.1) is 6.61 Å². The van der Waals surface area contributed by atoms with Crippen LogP contribution < -0.4 is 0 Å². The molecule has 90 valence electrons. The Morgan fingerprint density at radius 3 is 1.75 bits per heavy atom. The maximum atomic E-state index is 8.51. The van der Waals surface area contributed by atoms with Gasteiger partial charge in [0, 0.05) is 0 Å². The average Bonchev–Trinajstić information content (AvgIpc) is 2.31. The molecule has 1 N–H and O–H groups in total. The molecule has 0 fully saturated rings. The first-order valence-corrected chi connectivity index (χ1v) is 6.12. The molecule has 0 atom stereocenters. The molecule has 0 aromatic rings. The zero-order chi connectivity index (χ0) is 11.9. The first-order valence-electron chi connectivity index (χ1n) is 6.12. The van der Waals surface area contributed by atoms with Gasteiger partial charge in [0.15, 0.2) is 0 Å².